The number of benzene rings is 2. The topological polar surface area (TPSA) is 119 Å². The molecular weight excluding hydrogens is 482 g/mol. The number of carboxylic acid groups (broad SMARTS) is 1. The average Bonchev–Trinajstić information content (AvgIpc) is 2.84. The minimum Gasteiger partial charge on any atom is -0.479 e. The zero-order chi connectivity index (χ0) is 28.0. The van der Waals surface area contributed by atoms with E-state index in [0.29, 0.717) is 18.0 Å². The van der Waals surface area contributed by atoms with Crippen molar-refractivity contribution in [2.45, 2.75) is 79.0 Å². The monoisotopic (exact) mass is 523 g/mol. The van der Waals surface area contributed by atoms with Crippen LogP contribution in [0.15, 0.2) is 42.5 Å². The van der Waals surface area contributed by atoms with Crippen molar-refractivity contribution in [2.24, 2.45) is 11.3 Å². The van der Waals surface area contributed by atoms with Crippen LogP contribution in [-0.4, -0.2) is 51.7 Å². The van der Waals surface area contributed by atoms with Crippen LogP contribution >= 0.6 is 0 Å². The number of aliphatic hydroxyl groups is 1. The molecule has 1 fully saturated rings. The molecule has 2 aromatic carbocycles. The van der Waals surface area contributed by atoms with Gasteiger partial charge in [0, 0.05) is 23.8 Å². The minimum atomic E-state index is -1.66. The lowest BCUT2D eigenvalue weighted by Gasteiger charge is -2.41. The Morgan fingerprint density at radius 3 is 2.08 bits per heavy atom. The Bertz CT molecular complexity index is 1110. The largest absolute Gasteiger partial charge is 0.479 e. The highest BCUT2D eigenvalue weighted by Gasteiger charge is 2.33. The Labute approximate surface area is 225 Å². The fourth-order valence-electron chi connectivity index (χ4n) is 5.20. The summed E-state index contributed by atoms with van der Waals surface area (Å²) in [5, 5.41) is 23.7. The van der Waals surface area contributed by atoms with E-state index in [0.717, 1.165) is 48.1 Å². The Morgan fingerprint density at radius 2 is 1.55 bits per heavy atom. The van der Waals surface area contributed by atoms with Gasteiger partial charge in [0.2, 0.25) is 0 Å². The number of aliphatic hydroxyl groups excluding tert-OH is 1. The number of carbonyl (C=O) groups excluding carboxylic acids is 2. The van der Waals surface area contributed by atoms with Crippen LogP contribution in [0.3, 0.4) is 0 Å². The van der Waals surface area contributed by atoms with E-state index in [1.54, 1.807) is 24.3 Å². The van der Waals surface area contributed by atoms with Crippen molar-refractivity contribution >= 4 is 23.6 Å². The van der Waals surface area contributed by atoms with Gasteiger partial charge in [-0.05, 0) is 91.8 Å². The van der Waals surface area contributed by atoms with E-state index in [9.17, 15) is 19.5 Å². The van der Waals surface area contributed by atoms with E-state index in [-0.39, 0.29) is 24.0 Å². The van der Waals surface area contributed by atoms with Crippen molar-refractivity contribution in [2.75, 3.05) is 11.9 Å². The summed E-state index contributed by atoms with van der Waals surface area (Å²) in [5.41, 5.74) is 4.43. The first kappa shape index (κ1) is 29.2. The van der Waals surface area contributed by atoms with Gasteiger partial charge in [0.05, 0.1) is 6.54 Å². The van der Waals surface area contributed by atoms with E-state index in [1.165, 1.54) is 0 Å². The highest BCUT2D eigenvalue weighted by molar-refractivity contribution is 5.94. The number of anilines is 1. The SMILES string of the molecule is Cc1cc(C)cc(NC(=O)N(Cc2ccc(C(=O)NC[C@@H](O)C(=O)O)cc2)C2CCC(C(C)(C)C)CC2)c1. The van der Waals surface area contributed by atoms with Gasteiger partial charge in [-0.1, -0.05) is 39.0 Å². The molecule has 2 aromatic rings. The van der Waals surface area contributed by atoms with Crippen LogP contribution < -0.4 is 10.6 Å². The maximum absolute atomic E-state index is 13.6. The molecule has 4 N–H and O–H groups in total. The molecule has 1 saturated carbocycles. The maximum Gasteiger partial charge on any atom is 0.334 e. The van der Waals surface area contributed by atoms with Crippen LogP contribution in [0.1, 0.15) is 73.5 Å². The lowest BCUT2D eigenvalue weighted by atomic mass is 9.71. The van der Waals surface area contributed by atoms with Gasteiger partial charge in [-0.15, -0.1) is 0 Å². The third-order valence-electron chi connectivity index (χ3n) is 7.41. The second kappa shape index (κ2) is 12.4. The molecule has 0 aliphatic heterocycles. The summed E-state index contributed by atoms with van der Waals surface area (Å²) in [5.74, 6) is -1.24. The standard InChI is InChI=1S/C30H41N3O5/c1-19-14-20(2)16-24(15-19)32-29(38)33(25-12-10-23(11-13-25)30(3,4)5)18-21-6-8-22(9-7-21)27(35)31-17-26(34)28(36)37/h6-9,14-16,23,25-26,34H,10-13,17-18H2,1-5H3,(H,31,35)(H,32,38)(H,36,37)/t23?,25?,26-/m1/s1. The summed E-state index contributed by atoms with van der Waals surface area (Å²) in [6.45, 7) is 10.9. The number of nitrogens with one attached hydrogen (secondary N) is 2. The predicted octanol–water partition coefficient (Wildman–Crippen LogP) is 5.12. The number of hydrogen-bond acceptors (Lipinski definition) is 4. The van der Waals surface area contributed by atoms with Gasteiger partial charge in [0.15, 0.2) is 6.10 Å². The highest BCUT2D eigenvalue weighted by atomic mass is 16.4. The lowest BCUT2D eigenvalue weighted by molar-refractivity contribution is -0.146. The number of rotatable bonds is 8. The van der Waals surface area contributed by atoms with E-state index in [4.69, 9.17) is 5.11 Å². The molecule has 1 aliphatic rings. The molecule has 8 nitrogen and oxygen atoms in total. The number of carbonyl (C=O) groups is 3. The normalized spacial score (nSPS) is 18.4. The molecule has 0 aromatic heterocycles. The summed E-state index contributed by atoms with van der Waals surface area (Å²) >= 11 is 0. The average molecular weight is 524 g/mol. The van der Waals surface area contributed by atoms with Crippen LogP contribution in [0.5, 0.6) is 0 Å². The van der Waals surface area contributed by atoms with Gasteiger partial charge in [-0.25, -0.2) is 9.59 Å². The van der Waals surface area contributed by atoms with Gasteiger partial charge in [-0.2, -0.15) is 0 Å². The molecule has 0 heterocycles. The number of amides is 3. The van der Waals surface area contributed by atoms with Gasteiger partial charge >= 0.3 is 12.0 Å². The van der Waals surface area contributed by atoms with Crippen molar-refractivity contribution in [1.29, 1.82) is 0 Å². The van der Waals surface area contributed by atoms with Crippen LogP contribution in [0.2, 0.25) is 0 Å². The Morgan fingerprint density at radius 1 is 0.974 bits per heavy atom. The van der Waals surface area contributed by atoms with Crippen molar-refractivity contribution in [1.82, 2.24) is 10.2 Å². The Hall–Kier alpha value is -3.39. The summed E-state index contributed by atoms with van der Waals surface area (Å²) in [7, 11) is 0. The van der Waals surface area contributed by atoms with Crippen molar-refractivity contribution in [3.05, 3.63) is 64.7 Å². The van der Waals surface area contributed by atoms with Crippen molar-refractivity contribution in [3.63, 3.8) is 0 Å². The zero-order valence-electron chi connectivity index (χ0n) is 23.1. The highest BCUT2D eigenvalue weighted by Crippen LogP contribution is 2.39. The molecule has 0 saturated heterocycles. The molecule has 1 atom stereocenters. The Balaban J connectivity index is 1.74. The fraction of sp³-hybridized carbons (Fsp3) is 0.500. The minimum absolute atomic E-state index is 0.111. The molecule has 38 heavy (non-hydrogen) atoms. The van der Waals surface area contributed by atoms with E-state index in [1.807, 2.05) is 30.9 Å². The number of aryl methyl sites for hydroxylation is 2. The molecule has 0 bridgehead atoms. The van der Waals surface area contributed by atoms with Gasteiger partial charge in [0.25, 0.3) is 5.91 Å². The number of nitrogens with zero attached hydrogens (tertiary/aromatic N) is 1. The molecule has 3 amide bonds. The first-order chi connectivity index (χ1) is 17.8. The molecule has 8 heteroatoms. The van der Waals surface area contributed by atoms with Gasteiger partial charge in [0.1, 0.15) is 0 Å². The number of hydrogen-bond donors (Lipinski definition) is 4. The zero-order valence-corrected chi connectivity index (χ0v) is 23.1. The number of urea groups is 1. The molecule has 206 valence electrons. The van der Waals surface area contributed by atoms with Crippen LogP contribution in [0.25, 0.3) is 0 Å². The molecule has 0 unspecified atom stereocenters. The van der Waals surface area contributed by atoms with Crippen LogP contribution in [0, 0.1) is 25.2 Å². The second-order valence-corrected chi connectivity index (χ2v) is 11.6. The van der Waals surface area contributed by atoms with E-state index >= 15 is 0 Å². The quantitative estimate of drug-likeness (QED) is 0.383. The first-order valence-corrected chi connectivity index (χ1v) is 13.3. The van der Waals surface area contributed by atoms with Crippen molar-refractivity contribution in [3.8, 4) is 0 Å². The third kappa shape index (κ3) is 8.05. The van der Waals surface area contributed by atoms with Gasteiger partial charge in [-0.3, -0.25) is 4.79 Å². The fourth-order valence-corrected chi connectivity index (χ4v) is 5.20. The molecule has 0 radical (unpaired) electrons. The summed E-state index contributed by atoms with van der Waals surface area (Å²) in [4.78, 5) is 38.6. The summed E-state index contributed by atoms with van der Waals surface area (Å²) in [6.07, 6.45) is 2.37. The smallest absolute Gasteiger partial charge is 0.334 e. The predicted molar refractivity (Wildman–Crippen MR) is 148 cm³/mol. The maximum atomic E-state index is 13.6. The Kier molecular flexibility index (Phi) is 9.55. The van der Waals surface area contributed by atoms with Crippen molar-refractivity contribution < 1.29 is 24.6 Å². The number of carboxylic acids is 1. The van der Waals surface area contributed by atoms with Crippen LogP contribution in [-0.2, 0) is 11.3 Å². The lowest BCUT2D eigenvalue weighted by Crippen LogP contribution is -2.45. The van der Waals surface area contributed by atoms with E-state index in [2.05, 4.69) is 37.5 Å². The molecule has 0 spiro atoms. The van der Waals surface area contributed by atoms with Crippen LogP contribution in [0.4, 0.5) is 10.5 Å². The summed E-state index contributed by atoms with van der Waals surface area (Å²) in [6, 6.07) is 12.9. The molecule has 3 rings (SSSR count). The third-order valence-corrected chi connectivity index (χ3v) is 7.41. The summed E-state index contributed by atoms with van der Waals surface area (Å²) < 4.78 is 0. The molecule has 1 aliphatic carbocycles. The first-order valence-electron chi connectivity index (χ1n) is 13.3. The van der Waals surface area contributed by atoms with Gasteiger partial charge < -0.3 is 25.7 Å². The van der Waals surface area contributed by atoms with E-state index < -0.39 is 18.0 Å². The second-order valence-electron chi connectivity index (χ2n) is 11.6. The molecular formula is C30H41N3O5. The number of aliphatic carboxylic acids is 1.